The standard InChI is InChI=1S/C16H17ClO5/c1-9-11-6-5-10(7-12(11)21-15(19)14(9)17)20-8-13(18)22-16(2,3)4/h5-7H,8H2,1-4H3. The second-order valence-corrected chi connectivity index (χ2v) is 6.24. The smallest absolute Gasteiger partial charge is 0.355 e. The van der Waals surface area contributed by atoms with E-state index in [2.05, 4.69) is 0 Å². The number of esters is 1. The van der Waals surface area contributed by atoms with Crippen LogP contribution in [0.15, 0.2) is 27.4 Å². The Bertz CT molecular complexity index is 770. The molecule has 0 bridgehead atoms. The number of carbonyl (C=O) groups is 1. The van der Waals surface area contributed by atoms with E-state index in [1.165, 1.54) is 0 Å². The Labute approximate surface area is 132 Å². The Kier molecular flexibility index (Phi) is 4.47. The Morgan fingerprint density at radius 3 is 2.64 bits per heavy atom. The molecule has 0 aliphatic rings. The monoisotopic (exact) mass is 324 g/mol. The van der Waals surface area contributed by atoms with Gasteiger partial charge in [0.1, 0.15) is 22.0 Å². The summed E-state index contributed by atoms with van der Waals surface area (Å²) in [6.07, 6.45) is 0. The first-order valence-corrected chi connectivity index (χ1v) is 7.13. The maximum atomic E-state index is 11.6. The molecule has 2 rings (SSSR count). The lowest BCUT2D eigenvalue weighted by Gasteiger charge is -2.19. The number of benzene rings is 1. The van der Waals surface area contributed by atoms with E-state index in [1.807, 2.05) is 0 Å². The Hall–Kier alpha value is -2.01. The second kappa shape index (κ2) is 6.01. The molecule has 0 atom stereocenters. The molecule has 0 aliphatic heterocycles. The highest BCUT2D eigenvalue weighted by molar-refractivity contribution is 6.31. The van der Waals surface area contributed by atoms with Gasteiger partial charge in [0.15, 0.2) is 6.61 Å². The first-order valence-electron chi connectivity index (χ1n) is 6.75. The molecule has 0 saturated heterocycles. The van der Waals surface area contributed by atoms with Gasteiger partial charge in [0, 0.05) is 11.5 Å². The van der Waals surface area contributed by atoms with Gasteiger partial charge in [-0.1, -0.05) is 11.6 Å². The Morgan fingerprint density at radius 1 is 1.32 bits per heavy atom. The van der Waals surface area contributed by atoms with E-state index in [1.54, 1.807) is 45.9 Å². The van der Waals surface area contributed by atoms with Gasteiger partial charge >= 0.3 is 11.6 Å². The third kappa shape index (κ3) is 3.80. The summed E-state index contributed by atoms with van der Waals surface area (Å²) in [5.41, 5.74) is -0.166. The van der Waals surface area contributed by atoms with Crippen molar-refractivity contribution in [2.75, 3.05) is 6.61 Å². The maximum absolute atomic E-state index is 11.6. The SMILES string of the molecule is Cc1c(Cl)c(=O)oc2cc(OCC(=O)OC(C)(C)C)ccc12. The summed E-state index contributed by atoms with van der Waals surface area (Å²) in [6.45, 7) is 6.86. The van der Waals surface area contributed by atoms with Gasteiger partial charge in [-0.05, 0) is 45.4 Å². The molecule has 5 nitrogen and oxygen atoms in total. The van der Waals surface area contributed by atoms with Crippen LogP contribution in [-0.2, 0) is 9.53 Å². The van der Waals surface area contributed by atoms with Gasteiger partial charge in [-0.15, -0.1) is 0 Å². The third-order valence-electron chi connectivity index (χ3n) is 2.84. The van der Waals surface area contributed by atoms with Crippen molar-refractivity contribution < 1.29 is 18.7 Å². The molecule has 0 fully saturated rings. The van der Waals surface area contributed by atoms with E-state index < -0.39 is 17.2 Å². The van der Waals surface area contributed by atoms with Crippen LogP contribution in [0.2, 0.25) is 5.02 Å². The van der Waals surface area contributed by atoms with E-state index in [9.17, 15) is 9.59 Å². The Morgan fingerprint density at radius 2 is 2.00 bits per heavy atom. The zero-order chi connectivity index (χ0) is 16.5. The Balaban J connectivity index is 2.19. The van der Waals surface area contributed by atoms with Crippen molar-refractivity contribution in [3.8, 4) is 5.75 Å². The lowest BCUT2D eigenvalue weighted by Crippen LogP contribution is -2.27. The van der Waals surface area contributed by atoms with Crippen LogP contribution < -0.4 is 10.4 Å². The summed E-state index contributed by atoms with van der Waals surface area (Å²) in [6, 6.07) is 4.95. The normalized spacial score (nSPS) is 11.5. The average molecular weight is 325 g/mol. The van der Waals surface area contributed by atoms with Gasteiger partial charge in [0.05, 0.1) is 0 Å². The molecule has 1 heterocycles. The molecule has 1 aromatic carbocycles. The first kappa shape index (κ1) is 16.4. The van der Waals surface area contributed by atoms with Crippen LogP contribution >= 0.6 is 11.6 Å². The van der Waals surface area contributed by atoms with Crippen molar-refractivity contribution in [2.24, 2.45) is 0 Å². The number of fused-ring (bicyclic) bond motifs is 1. The van der Waals surface area contributed by atoms with Gasteiger partial charge in [-0.3, -0.25) is 0 Å². The zero-order valence-electron chi connectivity index (χ0n) is 12.9. The second-order valence-electron chi connectivity index (χ2n) is 5.86. The van der Waals surface area contributed by atoms with Crippen LogP contribution in [0.3, 0.4) is 0 Å². The first-order chi connectivity index (χ1) is 10.2. The van der Waals surface area contributed by atoms with Crippen LogP contribution in [0.25, 0.3) is 11.0 Å². The molecule has 22 heavy (non-hydrogen) atoms. The van der Waals surface area contributed by atoms with E-state index in [0.29, 0.717) is 22.3 Å². The van der Waals surface area contributed by atoms with Gasteiger partial charge in [0.25, 0.3) is 0 Å². The van der Waals surface area contributed by atoms with Crippen molar-refractivity contribution in [2.45, 2.75) is 33.3 Å². The van der Waals surface area contributed by atoms with E-state index in [-0.39, 0.29) is 11.6 Å². The van der Waals surface area contributed by atoms with Crippen molar-refractivity contribution in [1.29, 1.82) is 0 Å². The van der Waals surface area contributed by atoms with E-state index >= 15 is 0 Å². The number of rotatable bonds is 3. The predicted octanol–water partition coefficient (Wildman–Crippen LogP) is 3.48. The molecule has 2 aromatic rings. The number of carbonyl (C=O) groups excluding carboxylic acids is 1. The highest BCUT2D eigenvalue weighted by Crippen LogP contribution is 2.25. The van der Waals surface area contributed by atoms with Gasteiger partial charge in [-0.25, -0.2) is 9.59 Å². The minimum atomic E-state index is -0.601. The van der Waals surface area contributed by atoms with Crippen molar-refractivity contribution in [3.05, 3.63) is 39.2 Å². The van der Waals surface area contributed by atoms with Gasteiger partial charge in [-0.2, -0.15) is 0 Å². The summed E-state index contributed by atoms with van der Waals surface area (Å²) in [5.74, 6) is -0.0652. The summed E-state index contributed by atoms with van der Waals surface area (Å²) in [5, 5.41) is 0.782. The number of aryl methyl sites for hydroxylation is 1. The van der Waals surface area contributed by atoms with Crippen LogP contribution in [0, 0.1) is 6.92 Å². The molecule has 0 amide bonds. The lowest BCUT2D eigenvalue weighted by atomic mass is 10.1. The molecule has 0 spiro atoms. The van der Waals surface area contributed by atoms with Crippen molar-refractivity contribution >= 4 is 28.5 Å². The van der Waals surface area contributed by atoms with Gasteiger partial charge in [0.2, 0.25) is 0 Å². The van der Waals surface area contributed by atoms with E-state index in [4.69, 9.17) is 25.5 Å². The molecule has 6 heteroatoms. The van der Waals surface area contributed by atoms with Crippen LogP contribution in [-0.4, -0.2) is 18.2 Å². The summed E-state index contributed by atoms with van der Waals surface area (Å²) >= 11 is 5.86. The summed E-state index contributed by atoms with van der Waals surface area (Å²) in [7, 11) is 0. The molecule has 0 aliphatic carbocycles. The van der Waals surface area contributed by atoms with E-state index in [0.717, 1.165) is 0 Å². The maximum Gasteiger partial charge on any atom is 0.355 e. The molecule has 0 saturated carbocycles. The van der Waals surface area contributed by atoms with Crippen LogP contribution in [0.5, 0.6) is 5.75 Å². The number of hydrogen-bond acceptors (Lipinski definition) is 5. The minimum Gasteiger partial charge on any atom is -0.482 e. The number of ether oxygens (including phenoxy) is 2. The quantitative estimate of drug-likeness (QED) is 0.639. The highest BCUT2D eigenvalue weighted by Gasteiger charge is 2.17. The minimum absolute atomic E-state index is 0.0647. The van der Waals surface area contributed by atoms with Crippen molar-refractivity contribution in [3.63, 3.8) is 0 Å². The fourth-order valence-electron chi connectivity index (χ4n) is 1.92. The molecular weight excluding hydrogens is 308 g/mol. The molecule has 118 valence electrons. The molecule has 0 N–H and O–H groups in total. The largest absolute Gasteiger partial charge is 0.482 e. The van der Waals surface area contributed by atoms with Gasteiger partial charge < -0.3 is 13.9 Å². The number of halogens is 1. The number of hydrogen-bond donors (Lipinski definition) is 0. The van der Waals surface area contributed by atoms with Crippen molar-refractivity contribution in [1.82, 2.24) is 0 Å². The predicted molar refractivity (Wildman–Crippen MR) is 83.6 cm³/mol. The fraction of sp³-hybridized carbons (Fsp3) is 0.375. The molecule has 1 aromatic heterocycles. The summed E-state index contributed by atoms with van der Waals surface area (Å²) < 4.78 is 15.6. The third-order valence-corrected chi connectivity index (χ3v) is 3.28. The topological polar surface area (TPSA) is 65.7 Å². The molecule has 0 radical (unpaired) electrons. The van der Waals surface area contributed by atoms with Crippen LogP contribution in [0.4, 0.5) is 0 Å². The lowest BCUT2D eigenvalue weighted by molar-refractivity contribution is -0.157. The molecular formula is C16H17ClO5. The molecule has 0 unspecified atom stereocenters. The highest BCUT2D eigenvalue weighted by atomic mass is 35.5. The fourth-order valence-corrected chi connectivity index (χ4v) is 2.06. The summed E-state index contributed by atoms with van der Waals surface area (Å²) in [4.78, 5) is 23.2. The zero-order valence-corrected chi connectivity index (χ0v) is 13.6. The average Bonchev–Trinajstić information content (AvgIpc) is 2.40. The van der Waals surface area contributed by atoms with Crippen LogP contribution in [0.1, 0.15) is 26.3 Å².